The van der Waals surface area contributed by atoms with E-state index in [1.807, 2.05) is 6.92 Å². The molecule has 0 aliphatic carbocycles. The number of amides is 1. The van der Waals surface area contributed by atoms with Crippen LogP contribution in [0, 0.1) is 0 Å². The molecular formula is C13H17NO4. The molecular weight excluding hydrogens is 234 g/mol. The Balaban J connectivity index is 3.08. The summed E-state index contributed by atoms with van der Waals surface area (Å²) in [6.45, 7) is 1.51. The van der Waals surface area contributed by atoms with Crippen molar-refractivity contribution in [3.63, 3.8) is 0 Å². The Morgan fingerprint density at radius 2 is 2.00 bits per heavy atom. The van der Waals surface area contributed by atoms with Gasteiger partial charge in [-0.3, -0.25) is 14.5 Å². The fourth-order valence-corrected chi connectivity index (χ4v) is 1.64. The van der Waals surface area contributed by atoms with Gasteiger partial charge in [0, 0.05) is 6.42 Å². The number of carbonyl (C=O) groups excluding carboxylic acids is 1. The molecule has 0 atom stereocenters. The van der Waals surface area contributed by atoms with Gasteiger partial charge in [-0.2, -0.15) is 0 Å². The third kappa shape index (κ3) is 3.48. The Kier molecular flexibility index (Phi) is 5.17. The lowest BCUT2D eigenvalue weighted by molar-refractivity contribution is -0.136. The highest BCUT2D eigenvalue weighted by molar-refractivity contribution is 5.98. The SMILES string of the molecule is CCCC(=O)N(CC(=O)O)c1ccccc1OC. The van der Waals surface area contributed by atoms with E-state index in [0.29, 0.717) is 24.3 Å². The number of nitrogens with zero attached hydrogens (tertiary/aromatic N) is 1. The standard InChI is InChI=1S/C13H17NO4/c1-3-6-12(15)14(9-13(16)17)10-7-4-5-8-11(10)18-2/h4-5,7-8H,3,6,9H2,1-2H3,(H,16,17). The highest BCUT2D eigenvalue weighted by Gasteiger charge is 2.20. The molecule has 1 aromatic rings. The van der Waals surface area contributed by atoms with Crippen LogP contribution in [0.15, 0.2) is 24.3 Å². The molecule has 1 aromatic carbocycles. The summed E-state index contributed by atoms with van der Waals surface area (Å²) in [6.07, 6.45) is 0.982. The molecule has 0 bridgehead atoms. The van der Waals surface area contributed by atoms with Crippen molar-refractivity contribution in [2.24, 2.45) is 0 Å². The number of hydrogen-bond acceptors (Lipinski definition) is 3. The third-order valence-electron chi connectivity index (χ3n) is 2.43. The van der Waals surface area contributed by atoms with Gasteiger partial charge in [-0.1, -0.05) is 19.1 Å². The molecule has 0 aliphatic rings. The second kappa shape index (κ2) is 6.64. The molecule has 1 rings (SSSR count). The number of carbonyl (C=O) groups is 2. The monoisotopic (exact) mass is 251 g/mol. The lowest BCUT2D eigenvalue weighted by atomic mass is 10.2. The highest BCUT2D eigenvalue weighted by Crippen LogP contribution is 2.28. The molecule has 0 heterocycles. The maximum atomic E-state index is 12.0. The summed E-state index contributed by atoms with van der Waals surface area (Å²) in [6, 6.07) is 6.89. The van der Waals surface area contributed by atoms with Crippen molar-refractivity contribution in [3.05, 3.63) is 24.3 Å². The van der Waals surface area contributed by atoms with Crippen LogP contribution in [0.4, 0.5) is 5.69 Å². The first-order chi connectivity index (χ1) is 8.60. The van der Waals surface area contributed by atoms with Gasteiger partial charge in [0.2, 0.25) is 5.91 Å². The number of anilines is 1. The Morgan fingerprint density at radius 1 is 1.33 bits per heavy atom. The Morgan fingerprint density at radius 3 is 2.56 bits per heavy atom. The summed E-state index contributed by atoms with van der Waals surface area (Å²) in [5, 5.41) is 8.89. The quantitative estimate of drug-likeness (QED) is 0.838. The minimum Gasteiger partial charge on any atom is -0.495 e. The summed E-state index contributed by atoms with van der Waals surface area (Å²) < 4.78 is 5.15. The van der Waals surface area contributed by atoms with E-state index in [1.54, 1.807) is 24.3 Å². The summed E-state index contributed by atoms with van der Waals surface area (Å²) >= 11 is 0. The fraction of sp³-hybridized carbons (Fsp3) is 0.385. The molecule has 0 radical (unpaired) electrons. The van der Waals surface area contributed by atoms with Gasteiger partial charge >= 0.3 is 5.97 Å². The third-order valence-corrected chi connectivity index (χ3v) is 2.43. The Labute approximate surface area is 106 Å². The van der Waals surface area contributed by atoms with E-state index in [0.717, 1.165) is 0 Å². The van der Waals surface area contributed by atoms with Crippen molar-refractivity contribution in [1.29, 1.82) is 0 Å². The van der Waals surface area contributed by atoms with Crippen LogP contribution >= 0.6 is 0 Å². The smallest absolute Gasteiger partial charge is 0.323 e. The van der Waals surface area contributed by atoms with E-state index in [-0.39, 0.29) is 12.5 Å². The van der Waals surface area contributed by atoms with Crippen LogP contribution in [0.2, 0.25) is 0 Å². The van der Waals surface area contributed by atoms with Gasteiger partial charge in [-0.15, -0.1) is 0 Å². The fourth-order valence-electron chi connectivity index (χ4n) is 1.64. The van der Waals surface area contributed by atoms with E-state index in [2.05, 4.69) is 0 Å². The largest absolute Gasteiger partial charge is 0.495 e. The summed E-state index contributed by atoms with van der Waals surface area (Å²) in [5.41, 5.74) is 0.487. The molecule has 5 heteroatoms. The maximum Gasteiger partial charge on any atom is 0.323 e. The second-order valence-electron chi connectivity index (χ2n) is 3.80. The second-order valence-corrected chi connectivity index (χ2v) is 3.80. The number of para-hydroxylation sites is 2. The number of aliphatic carboxylic acids is 1. The van der Waals surface area contributed by atoms with Crippen molar-refractivity contribution in [3.8, 4) is 5.75 Å². The number of carboxylic acids is 1. The summed E-state index contributed by atoms with van der Waals surface area (Å²) in [5.74, 6) is -0.780. The average Bonchev–Trinajstić information content (AvgIpc) is 2.36. The zero-order valence-electron chi connectivity index (χ0n) is 10.5. The molecule has 0 aliphatic heterocycles. The van der Waals surface area contributed by atoms with Crippen molar-refractivity contribution >= 4 is 17.6 Å². The molecule has 5 nitrogen and oxygen atoms in total. The molecule has 0 saturated heterocycles. The van der Waals surface area contributed by atoms with Gasteiger partial charge in [0.15, 0.2) is 0 Å². The lowest BCUT2D eigenvalue weighted by Crippen LogP contribution is -2.35. The van der Waals surface area contributed by atoms with E-state index in [1.165, 1.54) is 12.0 Å². The van der Waals surface area contributed by atoms with Crippen LogP contribution in [0.3, 0.4) is 0 Å². The Hall–Kier alpha value is -2.04. The molecule has 0 spiro atoms. The van der Waals surface area contributed by atoms with Gasteiger partial charge in [0.05, 0.1) is 12.8 Å². The summed E-state index contributed by atoms with van der Waals surface area (Å²) in [7, 11) is 1.49. The molecule has 0 aromatic heterocycles. The maximum absolute atomic E-state index is 12.0. The minimum absolute atomic E-state index is 0.218. The first kappa shape index (κ1) is 14.0. The van der Waals surface area contributed by atoms with E-state index in [9.17, 15) is 9.59 Å². The summed E-state index contributed by atoms with van der Waals surface area (Å²) in [4.78, 5) is 24.1. The van der Waals surface area contributed by atoms with Crippen LogP contribution in [0.25, 0.3) is 0 Å². The number of carboxylic acid groups (broad SMARTS) is 1. The van der Waals surface area contributed by atoms with Crippen LogP contribution in [-0.2, 0) is 9.59 Å². The predicted octanol–water partition coefficient (Wildman–Crippen LogP) is 1.91. The van der Waals surface area contributed by atoms with Crippen molar-refractivity contribution in [1.82, 2.24) is 0 Å². The zero-order valence-corrected chi connectivity index (χ0v) is 10.5. The topological polar surface area (TPSA) is 66.8 Å². The van der Waals surface area contributed by atoms with Crippen LogP contribution in [0.5, 0.6) is 5.75 Å². The molecule has 1 N–H and O–H groups in total. The van der Waals surface area contributed by atoms with Crippen LogP contribution in [0.1, 0.15) is 19.8 Å². The van der Waals surface area contributed by atoms with Crippen LogP contribution < -0.4 is 9.64 Å². The van der Waals surface area contributed by atoms with E-state index in [4.69, 9.17) is 9.84 Å². The average molecular weight is 251 g/mol. The molecule has 0 saturated carbocycles. The molecule has 1 amide bonds. The zero-order chi connectivity index (χ0) is 13.5. The number of benzene rings is 1. The number of methoxy groups -OCH3 is 1. The minimum atomic E-state index is -1.05. The van der Waals surface area contributed by atoms with E-state index >= 15 is 0 Å². The predicted molar refractivity (Wildman–Crippen MR) is 67.9 cm³/mol. The normalized spacial score (nSPS) is 9.89. The van der Waals surface area contributed by atoms with Gasteiger partial charge < -0.3 is 9.84 Å². The van der Waals surface area contributed by atoms with E-state index < -0.39 is 5.97 Å². The van der Waals surface area contributed by atoms with Crippen molar-refractivity contribution in [2.75, 3.05) is 18.6 Å². The van der Waals surface area contributed by atoms with Crippen LogP contribution in [-0.4, -0.2) is 30.6 Å². The van der Waals surface area contributed by atoms with Crippen molar-refractivity contribution in [2.45, 2.75) is 19.8 Å². The number of rotatable bonds is 6. The van der Waals surface area contributed by atoms with Gasteiger partial charge in [0.25, 0.3) is 0 Å². The first-order valence-corrected chi connectivity index (χ1v) is 5.75. The van der Waals surface area contributed by atoms with Gasteiger partial charge in [-0.25, -0.2) is 0 Å². The molecule has 0 fully saturated rings. The number of ether oxygens (including phenoxy) is 1. The van der Waals surface area contributed by atoms with Gasteiger partial charge in [-0.05, 0) is 18.6 Å². The highest BCUT2D eigenvalue weighted by atomic mass is 16.5. The lowest BCUT2D eigenvalue weighted by Gasteiger charge is -2.22. The molecule has 98 valence electrons. The molecule has 0 unspecified atom stereocenters. The number of hydrogen-bond donors (Lipinski definition) is 1. The first-order valence-electron chi connectivity index (χ1n) is 5.75. The van der Waals surface area contributed by atoms with Crippen molar-refractivity contribution < 1.29 is 19.4 Å². The Bertz CT molecular complexity index is 431. The molecule has 18 heavy (non-hydrogen) atoms. The van der Waals surface area contributed by atoms with Gasteiger partial charge in [0.1, 0.15) is 12.3 Å².